The van der Waals surface area contributed by atoms with Gasteiger partial charge in [-0.1, -0.05) is 0 Å². The van der Waals surface area contributed by atoms with Crippen molar-refractivity contribution in [3.05, 3.63) is 18.2 Å². The van der Waals surface area contributed by atoms with E-state index in [-0.39, 0.29) is 5.75 Å². The first-order valence-electron chi connectivity index (χ1n) is 3.93. The van der Waals surface area contributed by atoms with Crippen LogP contribution in [0.5, 0.6) is 11.5 Å². The zero-order chi connectivity index (χ0) is 11.5. The lowest BCUT2D eigenvalue weighted by molar-refractivity contribution is -0.274. The molecule has 1 aromatic rings. The fourth-order valence-electron chi connectivity index (χ4n) is 0.974. The monoisotopic (exact) mass is 238 g/mol. The van der Waals surface area contributed by atoms with Crippen molar-refractivity contribution in [1.29, 1.82) is 0 Å². The average Bonchev–Trinajstić information content (AvgIpc) is 2.14. The van der Waals surface area contributed by atoms with Crippen molar-refractivity contribution in [2.45, 2.75) is 11.3 Å². The van der Waals surface area contributed by atoms with Crippen molar-refractivity contribution < 1.29 is 22.6 Å². The van der Waals surface area contributed by atoms with Crippen LogP contribution in [-0.4, -0.2) is 19.7 Å². The van der Waals surface area contributed by atoms with Crippen LogP contribution in [0.15, 0.2) is 23.1 Å². The summed E-state index contributed by atoms with van der Waals surface area (Å²) in [6, 6.07) is 4.13. The minimum absolute atomic E-state index is 0.272. The maximum atomic E-state index is 11.9. The third kappa shape index (κ3) is 3.91. The maximum absolute atomic E-state index is 11.9. The highest BCUT2D eigenvalue weighted by atomic mass is 32.2. The van der Waals surface area contributed by atoms with Crippen LogP contribution in [0.25, 0.3) is 0 Å². The highest BCUT2D eigenvalue weighted by Gasteiger charge is 2.31. The minimum atomic E-state index is -4.68. The Bertz CT molecular complexity index is 316. The van der Waals surface area contributed by atoms with Gasteiger partial charge in [0.1, 0.15) is 11.5 Å². The van der Waals surface area contributed by atoms with Gasteiger partial charge in [0, 0.05) is 11.0 Å². The van der Waals surface area contributed by atoms with E-state index >= 15 is 0 Å². The molecule has 0 aliphatic rings. The molecule has 1 rings (SSSR count). The van der Waals surface area contributed by atoms with Crippen molar-refractivity contribution in [3.63, 3.8) is 0 Å². The summed E-state index contributed by atoms with van der Waals surface area (Å²) in [6.07, 6.45) is -2.92. The summed E-state index contributed by atoms with van der Waals surface area (Å²) >= 11 is 1.31. The molecular formula is C9H9F3O2S. The van der Waals surface area contributed by atoms with E-state index in [1.165, 1.54) is 31.0 Å². The zero-order valence-corrected chi connectivity index (χ0v) is 8.91. The van der Waals surface area contributed by atoms with Gasteiger partial charge in [-0.05, 0) is 18.4 Å². The number of hydrogen-bond acceptors (Lipinski definition) is 3. The molecule has 0 aliphatic carbocycles. The molecule has 0 unspecified atom stereocenters. The number of halogens is 3. The Balaban J connectivity index is 2.97. The van der Waals surface area contributed by atoms with Gasteiger partial charge >= 0.3 is 6.36 Å². The second-order valence-electron chi connectivity index (χ2n) is 2.60. The second-order valence-corrected chi connectivity index (χ2v) is 3.48. The van der Waals surface area contributed by atoms with Gasteiger partial charge in [-0.2, -0.15) is 0 Å². The summed E-state index contributed by atoms with van der Waals surface area (Å²) in [5, 5.41) is 0. The Labute approximate surface area is 89.4 Å². The molecule has 6 heteroatoms. The summed E-state index contributed by atoms with van der Waals surface area (Å²) < 4.78 is 44.5. The Hall–Kier alpha value is -1.04. The molecular weight excluding hydrogens is 229 g/mol. The first-order valence-corrected chi connectivity index (χ1v) is 5.16. The van der Waals surface area contributed by atoms with Gasteiger partial charge in [0.15, 0.2) is 0 Å². The van der Waals surface area contributed by atoms with E-state index in [1.807, 2.05) is 0 Å². The number of alkyl halides is 3. The lowest BCUT2D eigenvalue weighted by atomic mass is 10.3. The van der Waals surface area contributed by atoms with Crippen LogP contribution < -0.4 is 9.47 Å². The predicted octanol–water partition coefficient (Wildman–Crippen LogP) is 3.32. The van der Waals surface area contributed by atoms with Crippen molar-refractivity contribution in [2.24, 2.45) is 0 Å². The molecule has 0 spiro atoms. The zero-order valence-electron chi connectivity index (χ0n) is 8.09. The van der Waals surface area contributed by atoms with E-state index in [0.717, 1.165) is 0 Å². The molecule has 0 fully saturated rings. The Morgan fingerprint density at radius 2 is 1.73 bits per heavy atom. The third-order valence-electron chi connectivity index (χ3n) is 1.56. The number of hydrogen-bond donors (Lipinski definition) is 0. The normalized spacial score (nSPS) is 11.3. The molecule has 84 valence electrons. The van der Waals surface area contributed by atoms with E-state index in [0.29, 0.717) is 10.6 Å². The SMILES string of the molecule is COc1cc(OC(F)(F)F)cc(SC)c1. The van der Waals surface area contributed by atoms with Gasteiger partial charge in [0.2, 0.25) is 0 Å². The molecule has 0 bridgehead atoms. The van der Waals surface area contributed by atoms with E-state index in [9.17, 15) is 13.2 Å². The highest BCUT2D eigenvalue weighted by molar-refractivity contribution is 7.98. The summed E-state index contributed by atoms with van der Waals surface area (Å²) in [4.78, 5) is 0.647. The smallest absolute Gasteiger partial charge is 0.497 e. The molecule has 0 saturated carbocycles. The van der Waals surface area contributed by atoms with Crippen LogP contribution in [0.3, 0.4) is 0 Å². The molecule has 0 saturated heterocycles. The second kappa shape index (κ2) is 4.65. The molecule has 0 radical (unpaired) electrons. The van der Waals surface area contributed by atoms with Crippen molar-refractivity contribution in [2.75, 3.05) is 13.4 Å². The van der Waals surface area contributed by atoms with Crippen LogP contribution in [-0.2, 0) is 0 Å². The van der Waals surface area contributed by atoms with Crippen molar-refractivity contribution in [1.82, 2.24) is 0 Å². The van der Waals surface area contributed by atoms with Crippen molar-refractivity contribution >= 4 is 11.8 Å². The van der Waals surface area contributed by atoms with Crippen LogP contribution >= 0.6 is 11.8 Å². The fraction of sp³-hybridized carbons (Fsp3) is 0.333. The average molecular weight is 238 g/mol. The lowest BCUT2D eigenvalue weighted by Gasteiger charge is -2.11. The van der Waals surface area contributed by atoms with Gasteiger partial charge in [0.05, 0.1) is 7.11 Å². The molecule has 0 aliphatic heterocycles. The maximum Gasteiger partial charge on any atom is 0.573 e. The molecule has 0 atom stereocenters. The molecule has 1 aromatic carbocycles. The largest absolute Gasteiger partial charge is 0.573 e. The van der Waals surface area contributed by atoms with Gasteiger partial charge in [0.25, 0.3) is 0 Å². The van der Waals surface area contributed by atoms with Crippen LogP contribution in [0, 0.1) is 0 Å². The Morgan fingerprint density at radius 3 is 2.20 bits per heavy atom. The quantitative estimate of drug-likeness (QED) is 0.752. The van der Waals surface area contributed by atoms with E-state index in [2.05, 4.69) is 4.74 Å². The van der Waals surface area contributed by atoms with Gasteiger partial charge in [-0.25, -0.2) is 0 Å². The van der Waals surface area contributed by atoms with Crippen LogP contribution in [0.1, 0.15) is 0 Å². The number of rotatable bonds is 3. The molecule has 0 heterocycles. The fourth-order valence-corrected chi connectivity index (χ4v) is 1.44. The molecule has 2 nitrogen and oxygen atoms in total. The summed E-state index contributed by atoms with van der Waals surface area (Å²) in [6.45, 7) is 0. The van der Waals surface area contributed by atoms with Gasteiger partial charge < -0.3 is 9.47 Å². The molecule has 0 amide bonds. The lowest BCUT2D eigenvalue weighted by Crippen LogP contribution is -2.17. The predicted molar refractivity (Wildman–Crippen MR) is 51.5 cm³/mol. The Kier molecular flexibility index (Phi) is 3.73. The number of thioether (sulfide) groups is 1. The summed E-state index contributed by atoms with van der Waals surface area (Å²) in [7, 11) is 1.39. The van der Waals surface area contributed by atoms with E-state index in [4.69, 9.17) is 4.74 Å². The molecule has 15 heavy (non-hydrogen) atoms. The van der Waals surface area contributed by atoms with Crippen LogP contribution in [0.2, 0.25) is 0 Å². The summed E-state index contributed by atoms with van der Waals surface area (Å²) in [5.74, 6) is 0.0623. The van der Waals surface area contributed by atoms with Crippen LogP contribution in [0.4, 0.5) is 13.2 Å². The van der Waals surface area contributed by atoms with Gasteiger partial charge in [-0.3, -0.25) is 0 Å². The van der Waals surface area contributed by atoms with E-state index in [1.54, 1.807) is 12.3 Å². The number of benzene rings is 1. The van der Waals surface area contributed by atoms with E-state index < -0.39 is 6.36 Å². The first-order chi connectivity index (χ1) is 6.94. The number of methoxy groups -OCH3 is 1. The molecule has 0 N–H and O–H groups in total. The standard InChI is InChI=1S/C9H9F3O2S/c1-13-6-3-7(14-9(10,11)12)5-8(4-6)15-2/h3-5H,1-2H3. The topological polar surface area (TPSA) is 18.5 Å². The summed E-state index contributed by atoms with van der Waals surface area (Å²) in [5.41, 5.74) is 0. The van der Waals surface area contributed by atoms with Gasteiger partial charge in [-0.15, -0.1) is 24.9 Å². The highest BCUT2D eigenvalue weighted by Crippen LogP contribution is 2.31. The third-order valence-corrected chi connectivity index (χ3v) is 2.27. The Morgan fingerprint density at radius 1 is 1.13 bits per heavy atom. The van der Waals surface area contributed by atoms with Crippen molar-refractivity contribution in [3.8, 4) is 11.5 Å². The molecule has 0 aromatic heterocycles. The first kappa shape index (κ1) is 12.0. The number of ether oxygens (including phenoxy) is 2. The minimum Gasteiger partial charge on any atom is -0.497 e.